The number of carbonyl (C=O) groups is 1. The van der Waals surface area contributed by atoms with Crippen molar-refractivity contribution in [2.24, 2.45) is 5.41 Å². The van der Waals surface area contributed by atoms with Crippen LogP contribution in [0.3, 0.4) is 0 Å². The van der Waals surface area contributed by atoms with Crippen LogP contribution in [-0.4, -0.2) is 33.2 Å². The first-order valence-electron chi connectivity index (χ1n) is 14.6. The Morgan fingerprint density at radius 1 is 0.750 bits per heavy atom. The van der Waals surface area contributed by atoms with Crippen molar-refractivity contribution < 1.29 is 4.79 Å². The van der Waals surface area contributed by atoms with Crippen molar-refractivity contribution in [3.63, 3.8) is 0 Å². The summed E-state index contributed by atoms with van der Waals surface area (Å²) in [4.78, 5) is 28.9. The minimum absolute atomic E-state index is 0.0596. The number of benzene rings is 4. The summed E-state index contributed by atoms with van der Waals surface area (Å²) < 4.78 is 0. The van der Waals surface area contributed by atoms with Crippen molar-refractivity contribution >= 4 is 16.8 Å². The second kappa shape index (κ2) is 7.96. The van der Waals surface area contributed by atoms with Crippen molar-refractivity contribution in [3.8, 4) is 11.3 Å². The third-order valence-corrected chi connectivity index (χ3v) is 10.4. The summed E-state index contributed by atoms with van der Waals surface area (Å²) in [5, 5.41) is 0. The van der Waals surface area contributed by atoms with Crippen LogP contribution >= 0.6 is 0 Å². The fraction of sp³-hybridized carbons (Fsp3) is 0.250. The van der Waals surface area contributed by atoms with Crippen LogP contribution in [0.15, 0.2) is 103 Å². The molecule has 1 aromatic heterocycles. The number of aryl methyl sites for hydroxylation is 1. The van der Waals surface area contributed by atoms with Crippen LogP contribution < -0.4 is 0 Å². The molecule has 2 fully saturated rings. The highest BCUT2D eigenvalue weighted by atomic mass is 16.1. The molecule has 4 nitrogen and oxygen atoms in total. The summed E-state index contributed by atoms with van der Waals surface area (Å²) in [5.41, 5.74) is 7.99. The Labute approximate surface area is 233 Å². The molecule has 3 heterocycles. The van der Waals surface area contributed by atoms with Crippen molar-refractivity contribution in [1.82, 2.24) is 14.9 Å². The number of hydrogen-bond acceptors (Lipinski definition) is 4. The number of para-hydroxylation sites is 2. The molecule has 2 aliphatic heterocycles. The summed E-state index contributed by atoms with van der Waals surface area (Å²) in [6, 6.07) is 36.3. The molecule has 0 N–H and O–H groups in total. The quantitative estimate of drug-likeness (QED) is 0.241. The minimum Gasteiger partial charge on any atom is -0.293 e. The second-order valence-electron chi connectivity index (χ2n) is 11.9. The Hall–Kier alpha value is -4.15. The first-order valence-corrected chi connectivity index (χ1v) is 14.6. The number of carbonyl (C=O) groups excluding carboxylic acids is 1. The lowest BCUT2D eigenvalue weighted by Gasteiger charge is -2.50. The monoisotopic (exact) mass is 519 g/mol. The molecule has 0 unspecified atom stereocenters. The van der Waals surface area contributed by atoms with Gasteiger partial charge in [0.15, 0.2) is 5.78 Å². The summed E-state index contributed by atoms with van der Waals surface area (Å²) >= 11 is 0. The van der Waals surface area contributed by atoms with Gasteiger partial charge in [-0.25, -0.2) is 9.97 Å². The Bertz CT molecular complexity index is 1850. The van der Waals surface area contributed by atoms with Crippen LogP contribution in [-0.2, 0) is 12.0 Å². The average Bonchev–Trinajstić information content (AvgIpc) is 3.66. The zero-order valence-corrected chi connectivity index (χ0v) is 22.3. The van der Waals surface area contributed by atoms with Crippen molar-refractivity contribution in [2.45, 2.75) is 43.2 Å². The van der Waals surface area contributed by atoms with Gasteiger partial charge in [-0.1, -0.05) is 91.0 Å². The SMILES string of the molecule is O=C1c2ccccc2CC[C@@]12[C@H](c1ccccc1)[C@H]1CCCN1[C@]21c2ccccc2-c2nc3ccccc3nc21. The zero-order chi connectivity index (χ0) is 26.5. The lowest BCUT2D eigenvalue weighted by molar-refractivity contribution is 0.0385. The Kier molecular flexibility index (Phi) is 4.50. The fourth-order valence-electron chi connectivity index (χ4n) is 9.13. The molecule has 0 radical (unpaired) electrons. The van der Waals surface area contributed by atoms with E-state index < -0.39 is 11.0 Å². The zero-order valence-electron chi connectivity index (χ0n) is 22.3. The molecule has 194 valence electrons. The Morgan fingerprint density at radius 3 is 2.30 bits per heavy atom. The molecule has 0 bridgehead atoms. The van der Waals surface area contributed by atoms with Crippen LogP contribution in [0.1, 0.15) is 57.9 Å². The van der Waals surface area contributed by atoms with E-state index in [4.69, 9.17) is 9.97 Å². The Morgan fingerprint density at radius 2 is 1.45 bits per heavy atom. The molecule has 4 heteroatoms. The normalized spacial score (nSPS) is 28.1. The Balaban J connectivity index is 1.45. The summed E-state index contributed by atoms with van der Waals surface area (Å²) in [6.07, 6.45) is 3.87. The van der Waals surface area contributed by atoms with E-state index >= 15 is 4.79 Å². The standard InChI is InChI=1S/C36H29N3O/c40-34-25-14-5-4-11-23(25)20-21-35(34)31(24-12-2-1-3-13-24)30-19-10-22-39(30)36(35)27-16-7-6-15-26(27)32-33(36)38-29-18-9-8-17-28(29)37-32/h1-9,11-18,30-31H,10,19-22H2/t30-,31-,35-,36+/m1/s1. The highest BCUT2D eigenvalue weighted by molar-refractivity contribution is 6.06. The number of nitrogens with zero attached hydrogens (tertiary/aromatic N) is 3. The lowest BCUT2D eigenvalue weighted by Crippen LogP contribution is -2.57. The average molecular weight is 520 g/mol. The molecule has 40 heavy (non-hydrogen) atoms. The first kappa shape index (κ1) is 22.6. The van der Waals surface area contributed by atoms with Gasteiger partial charge < -0.3 is 0 Å². The molecule has 4 aromatic carbocycles. The maximum atomic E-state index is 15.4. The van der Waals surface area contributed by atoms with Gasteiger partial charge in [-0.3, -0.25) is 9.69 Å². The molecule has 4 atom stereocenters. The number of aromatic nitrogens is 2. The largest absolute Gasteiger partial charge is 0.293 e. The predicted octanol–water partition coefficient (Wildman–Crippen LogP) is 6.93. The number of rotatable bonds is 1. The second-order valence-corrected chi connectivity index (χ2v) is 11.9. The first-order chi connectivity index (χ1) is 19.7. The minimum atomic E-state index is -0.702. The van der Waals surface area contributed by atoms with E-state index in [-0.39, 0.29) is 17.7 Å². The van der Waals surface area contributed by atoms with Gasteiger partial charge in [0, 0.05) is 23.1 Å². The van der Waals surface area contributed by atoms with E-state index in [1.807, 2.05) is 24.3 Å². The van der Waals surface area contributed by atoms with Crippen LogP contribution in [0.4, 0.5) is 0 Å². The van der Waals surface area contributed by atoms with Crippen molar-refractivity contribution in [2.75, 3.05) is 6.54 Å². The molecule has 0 amide bonds. The molecule has 4 aliphatic rings. The highest BCUT2D eigenvalue weighted by Crippen LogP contribution is 2.72. The van der Waals surface area contributed by atoms with Gasteiger partial charge in [0.25, 0.3) is 0 Å². The molecular formula is C36H29N3O. The van der Waals surface area contributed by atoms with E-state index in [0.29, 0.717) is 0 Å². The number of fused-ring (bicyclic) bond motifs is 10. The third kappa shape index (κ3) is 2.54. The highest BCUT2D eigenvalue weighted by Gasteiger charge is 2.76. The van der Waals surface area contributed by atoms with Crippen molar-refractivity contribution in [1.29, 1.82) is 0 Å². The van der Waals surface area contributed by atoms with Gasteiger partial charge in [-0.2, -0.15) is 0 Å². The van der Waals surface area contributed by atoms with Crippen LogP contribution in [0.25, 0.3) is 22.3 Å². The maximum Gasteiger partial charge on any atom is 0.172 e. The van der Waals surface area contributed by atoms with Gasteiger partial charge in [-0.05, 0) is 61.1 Å². The van der Waals surface area contributed by atoms with Crippen LogP contribution in [0.2, 0.25) is 0 Å². The van der Waals surface area contributed by atoms with Gasteiger partial charge >= 0.3 is 0 Å². The molecule has 0 saturated carbocycles. The van der Waals surface area contributed by atoms with Crippen LogP contribution in [0, 0.1) is 5.41 Å². The van der Waals surface area contributed by atoms with Gasteiger partial charge in [-0.15, -0.1) is 0 Å². The van der Waals surface area contributed by atoms with Gasteiger partial charge in [0.05, 0.1) is 27.8 Å². The molecule has 9 rings (SSSR count). The van der Waals surface area contributed by atoms with Crippen LogP contribution in [0.5, 0.6) is 0 Å². The van der Waals surface area contributed by atoms with Crippen molar-refractivity contribution in [3.05, 3.63) is 131 Å². The molecule has 2 saturated heterocycles. The number of ketones is 1. The smallest absolute Gasteiger partial charge is 0.172 e. The molecule has 5 aromatic rings. The number of Topliss-reactive ketones (excluding diaryl/α,β-unsaturated/α-hetero) is 1. The summed E-state index contributed by atoms with van der Waals surface area (Å²) in [6.45, 7) is 0.951. The fourth-order valence-corrected chi connectivity index (χ4v) is 9.13. The molecule has 2 spiro atoms. The van der Waals surface area contributed by atoms with E-state index in [9.17, 15) is 0 Å². The number of hydrogen-bond donors (Lipinski definition) is 0. The summed E-state index contributed by atoms with van der Waals surface area (Å²) in [7, 11) is 0. The van der Waals surface area contributed by atoms with Gasteiger partial charge in [0.1, 0.15) is 5.54 Å². The maximum absolute atomic E-state index is 15.4. The van der Waals surface area contributed by atoms with E-state index in [1.54, 1.807) is 0 Å². The van der Waals surface area contributed by atoms with Gasteiger partial charge in [0.2, 0.25) is 0 Å². The summed E-state index contributed by atoms with van der Waals surface area (Å²) in [5.74, 6) is 0.333. The van der Waals surface area contributed by atoms with E-state index in [1.165, 1.54) is 16.7 Å². The third-order valence-electron chi connectivity index (χ3n) is 10.4. The molecule has 2 aliphatic carbocycles. The topological polar surface area (TPSA) is 46.1 Å². The van der Waals surface area contributed by atoms with E-state index in [0.717, 1.165) is 65.8 Å². The van der Waals surface area contributed by atoms with E-state index in [2.05, 4.69) is 83.8 Å². The predicted molar refractivity (Wildman–Crippen MR) is 156 cm³/mol. The lowest BCUT2D eigenvalue weighted by atomic mass is 9.52. The molecular weight excluding hydrogens is 490 g/mol.